The molecule has 1 rings (SSSR count). The molecule has 0 atom stereocenters. The summed E-state index contributed by atoms with van der Waals surface area (Å²) >= 11 is 0. The highest BCUT2D eigenvalue weighted by molar-refractivity contribution is 5.73. The van der Waals surface area contributed by atoms with Crippen molar-refractivity contribution in [3.8, 4) is 0 Å². The molecule has 1 aliphatic carbocycles. The molecule has 0 aromatic heterocycles. The molecule has 2 N–H and O–H groups in total. The van der Waals surface area contributed by atoms with Crippen molar-refractivity contribution in [2.75, 3.05) is 0 Å². The lowest BCUT2D eigenvalue weighted by molar-refractivity contribution is -0.119. The fraction of sp³-hybridized carbons (Fsp3) is 0.750. The molecule has 0 unspecified atom stereocenters. The van der Waals surface area contributed by atoms with Gasteiger partial charge in [0.2, 0.25) is 5.91 Å². The molecule has 0 aliphatic heterocycles. The van der Waals surface area contributed by atoms with Gasteiger partial charge in [-0.05, 0) is 25.7 Å². The van der Waals surface area contributed by atoms with E-state index < -0.39 is 0 Å². The Morgan fingerprint density at radius 2 is 2.09 bits per heavy atom. The molecule has 0 saturated heterocycles. The van der Waals surface area contributed by atoms with Crippen molar-refractivity contribution < 1.29 is 9.90 Å². The largest absolute Gasteiger partial charge is 0.387 e. The number of hydrogen-bond acceptors (Lipinski definition) is 2. The maximum Gasteiger partial charge on any atom is 0.217 e. The van der Waals surface area contributed by atoms with Crippen molar-refractivity contribution in [1.82, 2.24) is 5.32 Å². The Bertz CT molecular complexity index is 139. The minimum absolute atomic E-state index is 0.0244. The van der Waals surface area contributed by atoms with Crippen molar-refractivity contribution in [3.63, 3.8) is 0 Å². The van der Waals surface area contributed by atoms with Crippen LogP contribution in [-0.4, -0.2) is 17.1 Å². The Labute approximate surface area is 66.8 Å². The summed E-state index contributed by atoms with van der Waals surface area (Å²) in [6, 6.07) is 0.281. The summed E-state index contributed by atoms with van der Waals surface area (Å²) in [6.45, 7) is 1.53. The van der Waals surface area contributed by atoms with E-state index in [9.17, 15) is 4.79 Å². The predicted molar refractivity (Wildman–Crippen MR) is 41.3 cm³/mol. The smallest absolute Gasteiger partial charge is 0.217 e. The summed E-state index contributed by atoms with van der Waals surface area (Å²) in [5.74, 6) is 0.0244. The number of hydrogen-bond donors (Lipinski definition) is 2. The first-order valence-electron chi connectivity index (χ1n) is 3.99. The zero-order valence-corrected chi connectivity index (χ0v) is 6.76. The lowest BCUT2D eigenvalue weighted by atomic mass is 9.93. The standard InChI is InChI=1S/C8H14NO2/c1-6(10)9-7-2-4-8(11)5-3-7/h7,11H,2-5H2,1H3,(H,9,10). The molecule has 0 spiro atoms. The molecule has 0 bridgehead atoms. The summed E-state index contributed by atoms with van der Waals surface area (Å²) in [7, 11) is 0. The summed E-state index contributed by atoms with van der Waals surface area (Å²) in [5, 5.41) is 11.9. The molecule has 63 valence electrons. The SMILES string of the molecule is CC(=O)NC1CC[C](O)CC1. The molecule has 1 fully saturated rings. The van der Waals surface area contributed by atoms with Gasteiger partial charge in [0, 0.05) is 13.0 Å². The van der Waals surface area contributed by atoms with E-state index in [4.69, 9.17) is 5.11 Å². The quantitative estimate of drug-likeness (QED) is 0.594. The second-order valence-corrected chi connectivity index (χ2v) is 3.04. The van der Waals surface area contributed by atoms with Crippen LogP contribution in [0.5, 0.6) is 0 Å². The topological polar surface area (TPSA) is 49.3 Å². The van der Waals surface area contributed by atoms with Crippen LogP contribution in [0.25, 0.3) is 0 Å². The fourth-order valence-corrected chi connectivity index (χ4v) is 1.38. The summed E-state index contributed by atoms with van der Waals surface area (Å²) < 4.78 is 0. The lowest BCUT2D eigenvalue weighted by Gasteiger charge is -2.24. The average Bonchev–Trinajstić information content (AvgIpc) is 1.93. The highest BCUT2D eigenvalue weighted by atomic mass is 16.3. The molecule has 3 nitrogen and oxygen atoms in total. The van der Waals surface area contributed by atoms with Crippen molar-refractivity contribution >= 4 is 5.91 Å². The summed E-state index contributed by atoms with van der Waals surface area (Å²) in [4.78, 5) is 10.6. The molecular weight excluding hydrogens is 142 g/mol. The van der Waals surface area contributed by atoms with Crippen molar-refractivity contribution in [2.24, 2.45) is 0 Å². The molecule has 1 radical (unpaired) electrons. The van der Waals surface area contributed by atoms with Crippen LogP contribution in [0.3, 0.4) is 0 Å². The van der Waals surface area contributed by atoms with Gasteiger partial charge in [-0.2, -0.15) is 0 Å². The Morgan fingerprint density at radius 3 is 2.55 bits per heavy atom. The van der Waals surface area contributed by atoms with Crippen LogP contribution in [0, 0.1) is 6.10 Å². The predicted octanol–water partition coefficient (Wildman–Crippen LogP) is 0.970. The molecule has 1 amide bonds. The van der Waals surface area contributed by atoms with Crippen LogP contribution in [-0.2, 0) is 4.79 Å². The van der Waals surface area contributed by atoms with E-state index in [0.717, 1.165) is 25.7 Å². The normalized spacial score (nSPS) is 21.6. The van der Waals surface area contributed by atoms with Crippen LogP contribution < -0.4 is 5.32 Å². The monoisotopic (exact) mass is 156 g/mol. The van der Waals surface area contributed by atoms with Crippen molar-refractivity contribution in [1.29, 1.82) is 0 Å². The number of carbonyl (C=O) groups is 1. The molecule has 1 saturated carbocycles. The van der Waals surface area contributed by atoms with Gasteiger partial charge in [0.15, 0.2) is 0 Å². The number of rotatable bonds is 1. The number of aliphatic hydroxyl groups excluding tert-OH is 1. The molecule has 1 aliphatic rings. The third-order valence-corrected chi connectivity index (χ3v) is 1.97. The van der Waals surface area contributed by atoms with Gasteiger partial charge in [-0.15, -0.1) is 0 Å². The lowest BCUT2D eigenvalue weighted by Crippen LogP contribution is -2.35. The van der Waals surface area contributed by atoms with Gasteiger partial charge in [0.1, 0.15) is 0 Å². The second kappa shape index (κ2) is 3.72. The van der Waals surface area contributed by atoms with Gasteiger partial charge in [-0.3, -0.25) is 4.79 Å². The minimum atomic E-state index is 0.0244. The van der Waals surface area contributed by atoms with Crippen molar-refractivity contribution in [3.05, 3.63) is 6.10 Å². The number of carbonyl (C=O) groups excluding carboxylic acids is 1. The van der Waals surface area contributed by atoms with Crippen molar-refractivity contribution in [2.45, 2.75) is 38.6 Å². The van der Waals surface area contributed by atoms with Crippen LogP contribution in [0.15, 0.2) is 0 Å². The molecule has 3 heteroatoms. The highest BCUT2D eigenvalue weighted by Gasteiger charge is 2.19. The van der Waals surface area contributed by atoms with Gasteiger partial charge in [-0.25, -0.2) is 0 Å². The number of amides is 1. The second-order valence-electron chi connectivity index (χ2n) is 3.04. The number of aliphatic hydroxyl groups is 1. The Hall–Kier alpha value is -0.570. The first kappa shape index (κ1) is 8.53. The van der Waals surface area contributed by atoms with E-state index >= 15 is 0 Å². The zero-order chi connectivity index (χ0) is 8.27. The zero-order valence-electron chi connectivity index (χ0n) is 6.76. The average molecular weight is 156 g/mol. The molecular formula is C8H14NO2. The van der Waals surface area contributed by atoms with Gasteiger partial charge >= 0.3 is 0 Å². The van der Waals surface area contributed by atoms with Gasteiger partial charge in [0.05, 0.1) is 6.10 Å². The molecule has 0 aromatic rings. The first-order valence-corrected chi connectivity index (χ1v) is 3.99. The molecule has 0 heterocycles. The Kier molecular flexibility index (Phi) is 2.88. The van der Waals surface area contributed by atoms with Crippen LogP contribution in [0.4, 0.5) is 0 Å². The maximum absolute atomic E-state index is 10.6. The van der Waals surface area contributed by atoms with Gasteiger partial charge in [0.25, 0.3) is 0 Å². The molecule has 11 heavy (non-hydrogen) atoms. The van der Waals surface area contributed by atoms with E-state index in [1.165, 1.54) is 6.92 Å². The fourth-order valence-electron chi connectivity index (χ4n) is 1.38. The number of nitrogens with one attached hydrogen (secondary N) is 1. The van der Waals surface area contributed by atoms with Crippen LogP contribution in [0.2, 0.25) is 0 Å². The third kappa shape index (κ3) is 2.89. The minimum Gasteiger partial charge on any atom is -0.387 e. The molecule has 0 aromatic carbocycles. The third-order valence-electron chi connectivity index (χ3n) is 1.97. The van der Waals surface area contributed by atoms with E-state index in [2.05, 4.69) is 5.32 Å². The highest BCUT2D eigenvalue weighted by Crippen LogP contribution is 2.23. The van der Waals surface area contributed by atoms with E-state index in [1.54, 1.807) is 0 Å². The van der Waals surface area contributed by atoms with E-state index in [1.807, 2.05) is 0 Å². The van der Waals surface area contributed by atoms with Gasteiger partial charge in [-0.1, -0.05) is 0 Å². The summed E-state index contributed by atoms with van der Waals surface area (Å²) in [5.41, 5.74) is 0. The maximum atomic E-state index is 10.6. The Balaban J connectivity index is 2.22. The Morgan fingerprint density at radius 1 is 1.55 bits per heavy atom. The van der Waals surface area contributed by atoms with Gasteiger partial charge < -0.3 is 10.4 Å². The van der Waals surface area contributed by atoms with Crippen LogP contribution in [0.1, 0.15) is 32.6 Å². The van der Waals surface area contributed by atoms with Crippen LogP contribution >= 0.6 is 0 Å². The summed E-state index contributed by atoms with van der Waals surface area (Å²) in [6.07, 6.45) is 3.82. The van der Waals surface area contributed by atoms with E-state index in [0.29, 0.717) is 6.10 Å². The first-order chi connectivity index (χ1) is 5.18. The van der Waals surface area contributed by atoms with E-state index in [-0.39, 0.29) is 11.9 Å².